The van der Waals surface area contributed by atoms with Crippen molar-refractivity contribution in [1.29, 1.82) is 0 Å². The SMILES string of the molecule is CC(=O)Nc1ncc2ccccc2c1-c1ccc(N(CCOS(=O)(=O)c2ccc(C)cc2)CCOS(=O)(=O)c2ccc(C)cc2)cc1. The number of pyridine rings is 1. The summed E-state index contributed by atoms with van der Waals surface area (Å²) in [5.74, 6) is 0.170. The van der Waals surface area contributed by atoms with Crippen molar-refractivity contribution in [3.05, 3.63) is 114 Å². The number of anilines is 2. The van der Waals surface area contributed by atoms with Gasteiger partial charge >= 0.3 is 0 Å². The summed E-state index contributed by atoms with van der Waals surface area (Å²) >= 11 is 0. The number of aromatic nitrogens is 1. The summed E-state index contributed by atoms with van der Waals surface area (Å²) in [5, 5.41) is 4.62. The van der Waals surface area contributed by atoms with Crippen LogP contribution in [-0.4, -0.2) is 54.0 Å². The molecule has 1 amide bonds. The van der Waals surface area contributed by atoms with Crippen LogP contribution in [0.2, 0.25) is 0 Å². The third-order valence-corrected chi connectivity index (χ3v) is 10.1. The number of hydrogen-bond donors (Lipinski definition) is 1. The summed E-state index contributed by atoms with van der Waals surface area (Å²) in [7, 11) is -8.02. The molecule has 0 unspecified atom stereocenters. The van der Waals surface area contributed by atoms with E-state index in [0.717, 1.165) is 33.0 Å². The molecule has 10 nitrogen and oxygen atoms in total. The molecule has 0 fully saturated rings. The first-order valence-electron chi connectivity index (χ1n) is 14.9. The van der Waals surface area contributed by atoms with E-state index in [1.165, 1.54) is 31.2 Å². The van der Waals surface area contributed by atoms with E-state index in [1.54, 1.807) is 35.4 Å². The standard InChI is InChI=1S/C35H35N3O7S2/c1-25-8-16-31(17-9-25)46(40,41)44-22-20-38(21-23-45-47(42,43)32-18-10-26(2)11-19-32)30-14-12-28(13-15-30)34-33-7-5-4-6-29(33)24-36-35(34)37-27(3)39/h4-19,24H,20-23H2,1-3H3,(H,36,37,39). The molecule has 12 heteroatoms. The number of nitrogens with zero attached hydrogens (tertiary/aromatic N) is 2. The van der Waals surface area contributed by atoms with Crippen LogP contribution in [0.5, 0.6) is 0 Å². The molecule has 47 heavy (non-hydrogen) atoms. The molecular formula is C35H35N3O7S2. The monoisotopic (exact) mass is 673 g/mol. The number of benzene rings is 4. The van der Waals surface area contributed by atoms with Gasteiger partial charge in [0, 0.05) is 42.8 Å². The fourth-order valence-electron chi connectivity index (χ4n) is 4.99. The van der Waals surface area contributed by atoms with Gasteiger partial charge in [0.05, 0.1) is 23.0 Å². The molecule has 5 rings (SSSR count). The van der Waals surface area contributed by atoms with Crippen LogP contribution < -0.4 is 10.2 Å². The highest BCUT2D eigenvalue weighted by Gasteiger charge is 2.19. The van der Waals surface area contributed by atoms with Gasteiger partial charge in [0.15, 0.2) is 0 Å². The Labute approximate surface area is 275 Å². The first kappa shape index (κ1) is 33.7. The van der Waals surface area contributed by atoms with Crippen LogP contribution in [0.3, 0.4) is 0 Å². The second kappa shape index (κ2) is 14.4. The highest BCUT2D eigenvalue weighted by atomic mass is 32.2. The van der Waals surface area contributed by atoms with Crippen molar-refractivity contribution in [3.8, 4) is 11.1 Å². The van der Waals surface area contributed by atoms with E-state index in [9.17, 15) is 21.6 Å². The van der Waals surface area contributed by atoms with Crippen LogP contribution in [0.4, 0.5) is 11.5 Å². The van der Waals surface area contributed by atoms with Gasteiger partial charge in [0.1, 0.15) is 5.82 Å². The molecule has 1 aromatic heterocycles. The number of carbonyl (C=O) groups excluding carboxylic acids is 1. The Hall–Kier alpha value is -4.62. The predicted molar refractivity (Wildman–Crippen MR) is 182 cm³/mol. The largest absolute Gasteiger partial charge is 0.367 e. The Kier molecular flexibility index (Phi) is 10.4. The minimum atomic E-state index is -4.01. The van der Waals surface area contributed by atoms with E-state index in [4.69, 9.17) is 8.37 Å². The van der Waals surface area contributed by atoms with E-state index in [0.29, 0.717) is 11.5 Å². The molecule has 0 spiro atoms. The van der Waals surface area contributed by atoms with Gasteiger partial charge in [-0.3, -0.25) is 13.2 Å². The Morgan fingerprint density at radius 1 is 0.723 bits per heavy atom. The molecule has 0 saturated carbocycles. The molecule has 0 aliphatic rings. The zero-order valence-electron chi connectivity index (χ0n) is 26.2. The van der Waals surface area contributed by atoms with E-state index >= 15 is 0 Å². The second-order valence-electron chi connectivity index (χ2n) is 11.0. The number of hydrogen-bond acceptors (Lipinski definition) is 9. The maximum Gasteiger partial charge on any atom is 0.297 e. The van der Waals surface area contributed by atoms with Gasteiger partial charge in [-0.1, -0.05) is 71.8 Å². The lowest BCUT2D eigenvalue weighted by molar-refractivity contribution is -0.114. The molecule has 4 aromatic carbocycles. The van der Waals surface area contributed by atoms with E-state index in [1.807, 2.05) is 62.4 Å². The molecular weight excluding hydrogens is 639 g/mol. The summed E-state index contributed by atoms with van der Waals surface area (Å²) in [5.41, 5.74) is 4.05. The quantitative estimate of drug-likeness (QED) is 0.147. The zero-order chi connectivity index (χ0) is 33.6. The Morgan fingerprint density at radius 3 is 1.74 bits per heavy atom. The smallest absolute Gasteiger partial charge is 0.297 e. The van der Waals surface area contributed by atoms with Crippen molar-refractivity contribution in [2.75, 3.05) is 36.5 Å². The number of rotatable bonds is 13. The van der Waals surface area contributed by atoms with Gasteiger partial charge in [-0.25, -0.2) is 4.98 Å². The van der Waals surface area contributed by atoms with Gasteiger partial charge in [0.2, 0.25) is 5.91 Å². The molecule has 0 bridgehead atoms. The number of fused-ring (bicyclic) bond motifs is 1. The zero-order valence-corrected chi connectivity index (χ0v) is 27.8. The van der Waals surface area contributed by atoms with Crippen LogP contribution in [-0.2, 0) is 33.4 Å². The number of nitrogens with one attached hydrogen (secondary N) is 1. The third kappa shape index (κ3) is 8.40. The average Bonchev–Trinajstić information content (AvgIpc) is 3.04. The average molecular weight is 674 g/mol. The lowest BCUT2D eigenvalue weighted by atomic mass is 9.99. The van der Waals surface area contributed by atoms with Crippen LogP contribution in [0.25, 0.3) is 21.9 Å². The maximum absolute atomic E-state index is 12.8. The van der Waals surface area contributed by atoms with E-state index < -0.39 is 20.2 Å². The van der Waals surface area contributed by atoms with E-state index in [-0.39, 0.29) is 42.0 Å². The van der Waals surface area contributed by atoms with Crippen molar-refractivity contribution < 1.29 is 30.0 Å². The highest BCUT2D eigenvalue weighted by Crippen LogP contribution is 2.35. The molecule has 0 radical (unpaired) electrons. The number of carbonyl (C=O) groups is 1. The molecule has 0 aliphatic carbocycles. The summed E-state index contributed by atoms with van der Waals surface area (Å²) in [6.45, 7) is 4.99. The van der Waals surface area contributed by atoms with Crippen molar-refractivity contribution >= 4 is 48.4 Å². The molecule has 244 valence electrons. The predicted octanol–water partition coefficient (Wildman–Crippen LogP) is 6.09. The number of amides is 1. The first-order valence-corrected chi connectivity index (χ1v) is 17.7. The van der Waals surface area contributed by atoms with Gasteiger partial charge < -0.3 is 10.2 Å². The topological polar surface area (TPSA) is 132 Å². The lowest BCUT2D eigenvalue weighted by Crippen LogP contribution is -2.32. The van der Waals surface area contributed by atoms with Crippen LogP contribution >= 0.6 is 0 Å². The molecule has 0 atom stereocenters. The van der Waals surface area contributed by atoms with Crippen molar-refractivity contribution in [2.24, 2.45) is 0 Å². The minimum Gasteiger partial charge on any atom is -0.367 e. The van der Waals surface area contributed by atoms with Gasteiger partial charge in [-0.05, 0) is 61.2 Å². The minimum absolute atomic E-state index is 0.0465. The summed E-state index contributed by atoms with van der Waals surface area (Å²) in [6.07, 6.45) is 1.70. The van der Waals surface area contributed by atoms with Crippen LogP contribution in [0.15, 0.2) is 113 Å². The van der Waals surface area contributed by atoms with Gasteiger partial charge in [-0.2, -0.15) is 16.8 Å². The molecule has 0 saturated heterocycles. The van der Waals surface area contributed by atoms with Crippen molar-refractivity contribution in [3.63, 3.8) is 0 Å². The molecule has 0 aliphatic heterocycles. The molecule has 5 aromatic rings. The molecule has 1 N–H and O–H groups in total. The van der Waals surface area contributed by atoms with Crippen LogP contribution in [0.1, 0.15) is 18.1 Å². The Morgan fingerprint density at radius 2 is 1.23 bits per heavy atom. The highest BCUT2D eigenvalue weighted by molar-refractivity contribution is 7.87. The summed E-state index contributed by atoms with van der Waals surface area (Å²) in [6, 6.07) is 27.8. The summed E-state index contributed by atoms with van der Waals surface area (Å²) < 4.78 is 62.0. The third-order valence-electron chi connectivity index (χ3n) is 7.43. The fourth-order valence-corrected chi connectivity index (χ4v) is 6.79. The normalized spacial score (nSPS) is 11.8. The van der Waals surface area contributed by atoms with E-state index in [2.05, 4.69) is 10.3 Å². The van der Waals surface area contributed by atoms with Crippen molar-refractivity contribution in [1.82, 2.24) is 4.98 Å². The van der Waals surface area contributed by atoms with Crippen molar-refractivity contribution in [2.45, 2.75) is 30.6 Å². The van der Waals surface area contributed by atoms with Crippen LogP contribution in [0, 0.1) is 13.8 Å². The summed E-state index contributed by atoms with van der Waals surface area (Å²) in [4.78, 5) is 18.3. The maximum atomic E-state index is 12.8. The lowest BCUT2D eigenvalue weighted by Gasteiger charge is -2.25. The Bertz CT molecular complexity index is 2000. The number of aryl methyl sites for hydroxylation is 2. The van der Waals surface area contributed by atoms with Gasteiger partial charge in [-0.15, -0.1) is 0 Å². The fraction of sp³-hybridized carbons (Fsp3) is 0.200. The molecule has 1 heterocycles. The first-order chi connectivity index (χ1) is 22.4. The second-order valence-corrected chi connectivity index (χ2v) is 14.2. The Balaban J connectivity index is 1.39. The van der Waals surface area contributed by atoms with Gasteiger partial charge in [0.25, 0.3) is 20.2 Å².